The van der Waals surface area contributed by atoms with Gasteiger partial charge in [-0.05, 0) is 111 Å². The molecule has 0 bridgehead atoms. The van der Waals surface area contributed by atoms with E-state index >= 15 is 0 Å². The van der Waals surface area contributed by atoms with E-state index in [1.54, 1.807) is 0 Å². The van der Waals surface area contributed by atoms with Crippen LogP contribution in [0.5, 0.6) is 0 Å². The minimum Gasteiger partial charge on any atom is -0.494 e. The van der Waals surface area contributed by atoms with Gasteiger partial charge in [0.15, 0.2) is 18.9 Å². The molecule has 8 aliphatic rings. The van der Waals surface area contributed by atoms with Gasteiger partial charge in [-0.25, -0.2) is 0 Å². The van der Waals surface area contributed by atoms with E-state index in [1.807, 2.05) is 6.92 Å². The van der Waals surface area contributed by atoms with Gasteiger partial charge in [-0.2, -0.15) is 0 Å². The first kappa shape index (κ1) is 48.3. The maximum Gasteiger partial charge on any atom is 0.187 e. The first-order valence-electron chi connectivity index (χ1n) is 23.4. The SMILES string of the molecule is CC1=C(CCC(C)COC2OC(CO)C(O)C(O)C2O)OC2CC3C4CCC5CC(OC6OC(CO)C(O)C(O)C6OC6OC(C)C(O)C(O)C6O)C(O)CC5(C)C4CCC3(C)C12. The minimum absolute atomic E-state index is 0.0706. The summed E-state index contributed by atoms with van der Waals surface area (Å²) in [6.45, 7) is 9.65. The lowest BCUT2D eigenvalue weighted by atomic mass is 9.44. The zero-order valence-electron chi connectivity index (χ0n) is 37.1. The average molecular weight is 903 g/mol. The van der Waals surface area contributed by atoms with Gasteiger partial charge in [0.1, 0.15) is 73.2 Å². The van der Waals surface area contributed by atoms with Crippen molar-refractivity contribution >= 4 is 0 Å². The highest BCUT2D eigenvalue weighted by molar-refractivity contribution is 5.27. The summed E-state index contributed by atoms with van der Waals surface area (Å²) in [7, 11) is 0. The molecule has 4 aliphatic carbocycles. The van der Waals surface area contributed by atoms with Gasteiger partial charge in [0, 0.05) is 12.3 Å². The summed E-state index contributed by atoms with van der Waals surface area (Å²) >= 11 is 0. The van der Waals surface area contributed by atoms with E-state index in [2.05, 4.69) is 20.8 Å². The lowest BCUT2D eigenvalue weighted by Gasteiger charge is -2.61. The van der Waals surface area contributed by atoms with Crippen molar-refractivity contribution in [1.82, 2.24) is 0 Å². The molecule has 11 N–H and O–H groups in total. The van der Waals surface area contributed by atoms with E-state index in [9.17, 15) is 56.2 Å². The van der Waals surface area contributed by atoms with Gasteiger partial charge in [0.2, 0.25) is 0 Å². The largest absolute Gasteiger partial charge is 0.494 e. The first-order chi connectivity index (χ1) is 29.8. The van der Waals surface area contributed by atoms with Crippen LogP contribution >= 0.6 is 0 Å². The summed E-state index contributed by atoms with van der Waals surface area (Å²) < 4.78 is 42.1. The smallest absolute Gasteiger partial charge is 0.187 e. The predicted octanol–water partition coefficient (Wildman–Crippen LogP) is -0.831. The monoisotopic (exact) mass is 902 g/mol. The Morgan fingerprint density at radius 3 is 2.05 bits per heavy atom. The summed E-state index contributed by atoms with van der Waals surface area (Å²) in [6, 6.07) is 0. The molecule has 0 radical (unpaired) electrons. The van der Waals surface area contributed by atoms with Crippen molar-refractivity contribution < 1.29 is 89.3 Å². The van der Waals surface area contributed by atoms with E-state index in [0.29, 0.717) is 36.5 Å². The highest BCUT2D eigenvalue weighted by Crippen LogP contribution is 2.70. The number of ether oxygens (including phenoxy) is 7. The van der Waals surface area contributed by atoms with Crippen molar-refractivity contribution in [3.63, 3.8) is 0 Å². The molecule has 4 aliphatic heterocycles. The number of fused-ring (bicyclic) bond motifs is 7. The molecule has 0 amide bonds. The van der Waals surface area contributed by atoms with Crippen molar-refractivity contribution in [2.45, 2.75) is 203 Å². The molecule has 63 heavy (non-hydrogen) atoms. The minimum atomic E-state index is -1.68. The average Bonchev–Trinajstić information content (AvgIpc) is 3.74. The quantitative estimate of drug-likeness (QED) is 0.107. The van der Waals surface area contributed by atoms with Gasteiger partial charge >= 0.3 is 0 Å². The van der Waals surface area contributed by atoms with Gasteiger partial charge in [0.25, 0.3) is 0 Å². The Hall–Kier alpha value is -1.14. The van der Waals surface area contributed by atoms with Gasteiger partial charge in [0.05, 0.1) is 43.9 Å². The highest BCUT2D eigenvalue weighted by Gasteiger charge is 2.65. The molecule has 4 saturated carbocycles. The predicted molar refractivity (Wildman–Crippen MR) is 218 cm³/mol. The van der Waals surface area contributed by atoms with E-state index in [4.69, 9.17) is 33.2 Å². The summed E-state index contributed by atoms with van der Waals surface area (Å²) in [4.78, 5) is 0. The number of aliphatic hydroxyl groups excluding tert-OH is 11. The third kappa shape index (κ3) is 8.57. The number of rotatable bonds is 12. The Balaban J connectivity index is 0.886. The summed E-state index contributed by atoms with van der Waals surface area (Å²) in [5.41, 5.74) is 1.23. The molecule has 4 heterocycles. The van der Waals surface area contributed by atoms with E-state index < -0.39 is 118 Å². The van der Waals surface area contributed by atoms with E-state index in [-0.39, 0.29) is 35.4 Å². The standard InChI is InChI=1S/C45H74O18/c1-18(17-57-41-38(55)36(53)33(50)29(15-46)61-41)6-9-26-19(2)31-28(59-26)13-24-22-8-7-21-12-27(25(48)14-45(21,5)23(22)10-11-44(24,31)4)60-43-40(37(54)34(51)30(16-47)62-43)63-42-39(56)35(52)32(49)20(3)58-42/h18,20-25,27-43,46-56H,6-17H2,1-5H3. The van der Waals surface area contributed by atoms with Crippen LogP contribution in [-0.2, 0) is 33.2 Å². The molecule has 26 unspecified atom stereocenters. The number of hydrogen-bond donors (Lipinski definition) is 11. The summed E-state index contributed by atoms with van der Waals surface area (Å²) in [5.74, 6) is 2.99. The van der Waals surface area contributed by atoms with Crippen LogP contribution in [0.4, 0.5) is 0 Å². The second kappa shape index (κ2) is 18.7. The van der Waals surface area contributed by atoms with Crippen molar-refractivity contribution in [3.8, 4) is 0 Å². The van der Waals surface area contributed by atoms with E-state index in [1.165, 1.54) is 12.5 Å². The molecule has 0 aromatic carbocycles. The first-order valence-corrected chi connectivity index (χ1v) is 23.4. The van der Waals surface area contributed by atoms with Crippen LogP contribution < -0.4 is 0 Å². The van der Waals surface area contributed by atoms with Gasteiger partial charge in [-0.3, -0.25) is 0 Å². The molecule has 8 rings (SSSR count). The van der Waals surface area contributed by atoms with Crippen LogP contribution in [0.25, 0.3) is 0 Å². The highest BCUT2D eigenvalue weighted by atomic mass is 16.8. The van der Waals surface area contributed by atoms with Crippen molar-refractivity contribution in [2.24, 2.45) is 46.3 Å². The molecule has 362 valence electrons. The van der Waals surface area contributed by atoms with E-state index in [0.717, 1.165) is 50.7 Å². The lowest BCUT2D eigenvalue weighted by molar-refractivity contribution is -0.374. The molecule has 18 nitrogen and oxygen atoms in total. The van der Waals surface area contributed by atoms with Crippen LogP contribution in [-0.4, -0.2) is 186 Å². The maximum atomic E-state index is 11.9. The number of hydrogen-bond acceptors (Lipinski definition) is 18. The van der Waals surface area contributed by atoms with Crippen LogP contribution in [0.2, 0.25) is 0 Å². The van der Waals surface area contributed by atoms with Crippen molar-refractivity contribution in [2.75, 3.05) is 19.8 Å². The topological polar surface area (TPSA) is 287 Å². The molecular formula is C45H74O18. The normalized spacial score (nSPS) is 53.9. The van der Waals surface area contributed by atoms with Gasteiger partial charge < -0.3 is 89.3 Å². The number of allylic oxidation sites excluding steroid dienone is 1. The zero-order valence-corrected chi connectivity index (χ0v) is 37.1. The molecule has 0 aromatic rings. The Labute approximate surface area is 369 Å². The third-order valence-corrected chi connectivity index (χ3v) is 17.4. The Morgan fingerprint density at radius 1 is 0.698 bits per heavy atom. The van der Waals surface area contributed by atoms with Gasteiger partial charge in [-0.15, -0.1) is 0 Å². The van der Waals surface area contributed by atoms with Crippen molar-refractivity contribution in [1.29, 1.82) is 0 Å². The Bertz CT molecular complexity index is 1600. The molecule has 0 aromatic heterocycles. The fourth-order valence-corrected chi connectivity index (χ4v) is 13.7. The second-order valence-corrected chi connectivity index (χ2v) is 21.0. The fourth-order valence-electron chi connectivity index (χ4n) is 13.7. The second-order valence-electron chi connectivity index (χ2n) is 21.0. The Kier molecular flexibility index (Phi) is 14.4. The van der Waals surface area contributed by atoms with Crippen LogP contribution in [0, 0.1) is 46.3 Å². The molecule has 26 atom stereocenters. The summed E-state index contributed by atoms with van der Waals surface area (Å²) in [5, 5.41) is 115. The molecule has 18 heteroatoms. The number of aliphatic hydroxyl groups is 11. The van der Waals surface area contributed by atoms with Crippen LogP contribution in [0.15, 0.2) is 11.3 Å². The van der Waals surface area contributed by atoms with Crippen molar-refractivity contribution in [3.05, 3.63) is 11.3 Å². The maximum absolute atomic E-state index is 11.9. The molecular weight excluding hydrogens is 828 g/mol. The molecule has 7 fully saturated rings. The summed E-state index contributed by atoms with van der Waals surface area (Å²) in [6.07, 6.45) is -14.8. The fraction of sp³-hybridized carbons (Fsp3) is 0.956. The van der Waals surface area contributed by atoms with Crippen LogP contribution in [0.3, 0.4) is 0 Å². The molecule has 3 saturated heterocycles. The molecule has 0 spiro atoms. The lowest BCUT2D eigenvalue weighted by Crippen LogP contribution is -2.65. The zero-order chi connectivity index (χ0) is 45.4. The Morgan fingerprint density at radius 2 is 1.35 bits per heavy atom. The van der Waals surface area contributed by atoms with Crippen LogP contribution in [0.1, 0.15) is 92.4 Å². The third-order valence-electron chi connectivity index (χ3n) is 17.4. The van der Waals surface area contributed by atoms with Gasteiger partial charge in [-0.1, -0.05) is 20.8 Å².